The molecule has 0 fully saturated rings. The number of unbranched alkanes of at least 4 members (excludes halogenated alkanes) is 9. The SMILES string of the molecule is CCCCCCCCCCC/C=C1\C=Cc2ccc3cccc4c3c2[C+]1C=C4. The summed E-state index contributed by atoms with van der Waals surface area (Å²) in [5, 5.41) is 2.78. The fraction of sp³-hybridized carbons (Fsp3) is 0.393. The first-order valence-corrected chi connectivity index (χ1v) is 11.4. The summed E-state index contributed by atoms with van der Waals surface area (Å²) in [6, 6.07) is 11.2. The molecule has 4 rings (SSSR count). The summed E-state index contributed by atoms with van der Waals surface area (Å²) in [7, 11) is 0. The highest BCUT2D eigenvalue weighted by Gasteiger charge is 2.31. The van der Waals surface area contributed by atoms with Gasteiger partial charge in [-0.25, -0.2) is 0 Å². The van der Waals surface area contributed by atoms with Crippen LogP contribution < -0.4 is 0 Å². The van der Waals surface area contributed by atoms with Crippen molar-refractivity contribution in [2.24, 2.45) is 0 Å². The number of hydrogen-bond donors (Lipinski definition) is 0. The number of allylic oxidation sites excluding steroid dienone is 4. The van der Waals surface area contributed by atoms with E-state index in [1.165, 1.54) is 103 Å². The smallest absolute Gasteiger partial charge is 0.0654 e. The summed E-state index contributed by atoms with van der Waals surface area (Å²) >= 11 is 0. The van der Waals surface area contributed by atoms with Crippen molar-refractivity contribution >= 4 is 22.9 Å². The van der Waals surface area contributed by atoms with Crippen molar-refractivity contribution < 1.29 is 0 Å². The lowest BCUT2D eigenvalue weighted by Crippen LogP contribution is -2.09. The van der Waals surface area contributed by atoms with Gasteiger partial charge in [0.25, 0.3) is 0 Å². The van der Waals surface area contributed by atoms with E-state index in [-0.39, 0.29) is 0 Å². The number of hydrogen-bond acceptors (Lipinski definition) is 0. The minimum absolute atomic E-state index is 1.19. The van der Waals surface area contributed by atoms with E-state index in [2.05, 4.69) is 67.6 Å². The molecule has 28 heavy (non-hydrogen) atoms. The van der Waals surface area contributed by atoms with Gasteiger partial charge < -0.3 is 0 Å². The van der Waals surface area contributed by atoms with Crippen LogP contribution in [0.15, 0.2) is 54.1 Å². The first kappa shape index (κ1) is 19.1. The van der Waals surface area contributed by atoms with Gasteiger partial charge in [0, 0.05) is 34.7 Å². The lowest BCUT2D eigenvalue weighted by Gasteiger charge is -2.21. The lowest BCUT2D eigenvalue weighted by molar-refractivity contribution is 0.566. The molecule has 0 aromatic heterocycles. The molecule has 0 aliphatic heterocycles. The van der Waals surface area contributed by atoms with E-state index in [1.54, 1.807) is 0 Å². The van der Waals surface area contributed by atoms with E-state index in [0.717, 1.165) is 0 Å². The van der Waals surface area contributed by atoms with E-state index in [0.29, 0.717) is 0 Å². The van der Waals surface area contributed by atoms with Crippen LogP contribution in [0.5, 0.6) is 0 Å². The normalized spacial score (nSPS) is 15.8. The van der Waals surface area contributed by atoms with E-state index >= 15 is 0 Å². The molecule has 0 saturated heterocycles. The summed E-state index contributed by atoms with van der Waals surface area (Å²) in [6.45, 7) is 2.29. The molecule has 0 atom stereocenters. The molecule has 2 aromatic carbocycles. The van der Waals surface area contributed by atoms with Crippen molar-refractivity contribution in [3.8, 4) is 0 Å². The van der Waals surface area contributed by atoms with Gasteiger partial charge in [-0.15, -0.1) is 0 Å². The Morgan fingerprint density at radius 1 is 0.750 bits per heavy atom. The number of benzene rings is 2. The van der Waals surface area contributed by atoms with Crippen LogP contribution in [0.2, 0.25) is 0 Å². The van der Waals surface area contributed by atoms with Gasteiger partial charge in [-0.1, -0.05) is 64.4 Å². The van der Waals surface area contributed by atoms with Crippen molar-refractivity contribution in [3.63, 3.8) is 0 Å². The molecule has 0 N–H and O–H groups in total. The van der Waals surface area contributed by atoms with Gasteiger partial charge in [-0.05, 0) is 49.3 Å². The second-order valence-corrected chi connectivity index (χ2v) is 8.33. The van der Waals surface area contributed by atoms with Gasteiger partial charge in [-0.2, -0.15) is 0 Å². The average molecular weight is 370 g/mol. The summed E-state index contributed by atoms with van der Waals surface area (Å²) < 4.78 is 0. The third-order valence-corrected chi connectivity index (χ3v) is 6.23. The molecule has 0 amide bonds. The molecule has 0 radical (unpaired) electrons. The van der Waals surface area contributed by atoms with Crippen LogP contribution >= 0.6 is 0 Å². The molecular formula is C28H33+. The molecule has 0 nitrogen and oxygen atoms in total. The lowest BCUT2D eigenvalue weighted by atomic mass is 9.76. The zero-order chi connectivity index (χ0) is 19.2. The Kier molecular flexibility index (Phi) is 6.37. The highest BCUT2D eigenvalue weighted by atomic mass is 14.3. The zero-order valence-electron chi connectivity index (χ0n) is 17.3. The molecule has 0 heterocycles. The topological polar surface area (TPSA) is 0 Å². The van der Waals surface area contributed by atoms with E-state index in [1.807, 2.05) is 0 Å². The van der Waals surface area contributed by atoms with Crippen LogP contribution in [0, 0.1) is 5.92 Å². The van der Waals surface area contributed by atoms with E-state index in [9.17, 15) is 0 Å². The molecule has 2 aromatic rings. The Morgan fingerprint density at radius 2 is 1.54 bits per heavy atom. The quantitative estimate of drug-likeness (QED) is 0.290. The minimum Gasteiger partial charge on any atom is -0.0654 e. The van der Waals surface area contributed by atoms with Crippen molar-refractivity contribution in [1.29, 1.82) is 0 Å². The van der Waals surface area contributed by atoms with E-state index < -0.39 is 0 Å². The summed E-state index contributed by atoms with van der Waals surface area (Å²) in [4.78, 5) is 0. The van der Waals surface area contributed by atoms with Gasteiger partial charge in [0.1, 0.15) is 0 Å². The molecule has 0 saturated carbocycles. The van der Waals surface area contributed by atoms with Crippen LogP contribution in [0.1, 0.15) is 87.8 Å². The maximum atomic E-state index is 2.47. The predicted molar refractivity (Wildman–Crippen MR) is 124 cm³/mol. The summed E-state index contributed by atoms with van der Waals surface area (Å²) in [5.74, 6) is 1.41. The Hall–Kier alpha value is -2.21. The van der Waals surface area contributed by atoms with Crippen LogP contribution in [0.25, 0.3) is 22.9 Å². The summed E-state index contributed by atoms with van der Waals surface area (Å²) in [5.41, 5.74) is 5.56. The van der Waals surface area contributed by atoms with E-state index in [4.69, 9.17) is 0 Å². The van der Waals surface area contributed by atoms with Crippen LogP contribution in [0.3, 0.4) is 0 Å². The van der Waals surface area contributed by atoms with Gasteiger partial charge in [0.05, 0.1) is 22.4 Å². The third-order valence-electron chi connectivity index (χ3n) is 6.23. The Morgan fingerprint density at radius 3 is 2.36 bits per heavy atom. The van der Waals surface area contributed by atoms with Gasteiger partial charge in [-0.3, -0.25) is 0 Å². The third kappa shape index (κ3) is 4.12. The molecule has 0 heteroatoms. The Balaban J connectivity index is 1.33. The molecule has 144 valence electrons. The predicted octanol–water partition coefficient (Wildman–Crippen LogP) is 8.66. The Bertz CT molecular complexity index is 894. The first-order chi connectivity index (χ1) is 13.9. The largest absolute Gasteiger partial charge is 0.0814 e. The average Bonchev–Trinajstić information content (AvgIpc) is 2.74. The molecular weight excluding hydrogens is 336 g/mol. The minimum atomic E-state index is 1.19. The van der Waals surface area contributed by atoms with Crippen LogP contribution in [0.4, 0.5) is 0 Å². The second-order valence-electron chi connectivity index (χ2n) is 8.33. The van der Waals surface area contributed by atoms with Crippen molar-refractivity contribution in [1.82, 2.24) is 0 Å². The van der Waals surface area contributed by atoms with Crippen molar-refractivity contribution in [2.45, 2.75) is 71.1 Å². The highest BCUT2D eigenvalue weighted by molar-refractivity contribution is 6.02. The zero-order valence-corrected chi connectivity index (χ0v) is 17.3. The maximum absolute atomic E-state index is 2.47. The second kappa shape index (κ2) is 9.32. The van der Waals surface area contributed by atoms with Gasteiger partial charge >= 0.3 is 0 Å². The molecule has 0 unspecified atom stereocenters. The fourth-order valence-corrected chi connectivity index (χ4v) is 4.65. The highest BCUT2D eigenvalue weighted by Crippen LogP contribution is 2.43. The molecule has 2 aliphatic rings. The molecule has 0 spiro atoms. The summed E-state index contributed by atoms with van der Waals surface area (Å²) in [6.07, 6.45) is 25.5. The van der Waals surface area contributed by atoms with Crippen molar-refractivity contribution in [2.75, 3.05) is 0 Å². The number of rotatable bonds is 10. The molecule has 2 aliphatic carbocycles. The van der Waals surface area contributed by atoms with Crippen molar-refractivity contribution in [3.05, 3.63) is 76.7 Å². The first-order valence-electron chi connectivity index (χ1n) is 11.4. The maximum Gasteiger partial charge on any atom is 0.0814 e. The standard InChI is InChI=1S/C28H33/c1-2-3-4-5-6-7-8-9-10-11-13-22-16-17-25-19-18-23-14-12-15-24-20-21-26(22)28(25)27(23)24/h12-21H,2-11H2,1H3/q+1/b22-13+. The molecule has 0 bridgehead atoms. The van der Waals surface area contributed by atoms with Gasteiger partial charge in [0.2, 0.25) is 0 Å². The van der Waals surface area contributed by atoms with Crippen LogP contribution in [-0.2, 0) is 0 Å². The monoisotopic (exact) mass is 369 g/mol. The Labute approximate surface area is 171 Å². The van der Waals surface area contributed by atoms with Crippen LogP contribution in [-0.4, -0.2) is 0 Å². The fourth-order valence-electron chi connectivity index (χ4n) is 4.65. The van der Waals surface area contributed by atoms with Gasteiger partial charge in [0.15, 0.2) is 0 Å².